The van der Waals surface area contributed by atoms with Gasteiger partial charge in [-0.15, -0.1) is 0 Å². The first-order valence-electron chi connectivity index (χ1n) is 9.87. The lowest BCUT2D eigenvalue weighted by molar-refractivity contribution is -0.120. The van der Waals surface area contributed by atoms with E-state index in [9.17, 15) is 13.2 Å². The molecule has 0 unspecified atom stereocenters. The van der Waals surface area contributed by atoms with Gasteiger partial charge in [-0.3, -0.25) is 4.79 Å². The Labute approximate surface area is 178 Å². The molecule has 1 aliphatic heterocycles. The lowest BCUT2D eigenvalue weighted by atomic mass is 9.98. The molecule has 1 amide bonds. The molecule has 30 heavy (non-hydrogen) atoms. The average Bonchev–Trinajstić information content (AvgIpc) is 2.75. The number of aryl methyl sites for hydroxylation is 2. The Bertz CT molecular complexity index is 1020. The summed E-state index contributed by atoms with van der Waals surface area (Å²) in [7, 11) is -0.937. The van der Waals surface area contributed by atoms with Gasteiger partial charge >= 0.3 is 0 Å². The number of benzene rings is 2. The van der Waals surface area contributed by atoms with Gasteiger partial charge < -0.3 is 14.8 Å². The highest BCUT2D eigenvalue weighted by molar-refractivity contribution is 7.89. The molecule has 2 aromatic carbocycles. The Morgan fingerprint density at radius 1 is 1.10 bits per heavy atom. The van der Waals surface area contributed by atoms with Crippen molar-refractivity contribution in [1.82, 2.24) is 4.31 Å². The summed E-state index contributed by atoms with van der Waals surface area (Å²) in [6.07, 6.45) is 1.24. The van der Waals surface area contributed by atoms with Crippen LogP contribution in [-0.4, -0.2) is 45.9 Å². The van der Waals surface area contributed by atoms with Gasteiger partial charge in [0, 0.05) is 24.8 Å². The van der Waals surface area contributed by atoms with E-state index in [1.165, 1.54) is 24.6 Å². The molecular weight excluding hydrogens is 404 g/mol. The third-order valence-corrected chi connectivity index (χ3v) is 7.36. The fourth-order valence-corrected chi connectivity index (χ4v) is 5.43. The van der Waals surface area contributed by atoms with Crippen LogP contribution in [0.25, 0.3) is 0 Å². The SMILES string of the molecule is COc1ccc(OC)c(S(=O)(=O)N2CCC[C@@H](C(=O)Nc3c(C)cccc3C)C2)c1. The summed E-state index contributed by atoms with van der Waals surface area (Å²) in [6, 6.07) is 10.5. The van der Waals surface area contributed by atoms with Crippen LogP contribution in [0.5, 0.6) is 11.5 Å². The highest BCUT2D eigenvalue weighted by Gasteiger charge is 2.35. The van der Waals surface area contributed by atoms with E-state index >= 15 is 0 Å². The number of carbonyl (C=O) groups excluding carboxylic acids is 1. The fraction of sp³-hybridized carbons (Fsp3) is 0.409. The maximum absolute atomic E-state index is 13.3. The number of hydrogen-bond acceptors (Lipinski definition) is 5. The van der Waals surface area contributed by atoms with Crippen molar-refractivity contribution in [1.29, 1.82) is 0 Å². The number of piperidine rings is 1. The molecule has 3 rings (SSSR count). The van der Waals surface area contributed by atoms with Crippen LogP contribution >= 0.6 is 0 Å². The summed E-state index contributed by atoms with van der Waals surface area (Å²) in [5, 5.41) is 3.00. The Balaban J connectivity index is 1.83. The van der Waals surface area contributed by atoms with Crippen molar-refractivity contribution in [2.24, 2.45) is 5.92 Å². The zero-order valence-corrected chi connectivity index (χ0v) is 18.6. The third-order valence-electron chi connectivity index (χ3n) is 5.47. The number of sulfonamides is 1. The summed E-state index contributed by atoms with van der Waals surface area (Å²) >= 11 is 0. The number of anilines is 1. The van der Waals surface area contributed by atoms with Crippen LogP contribution in [0.15, 0.2) is 41.3 Å². The fourth-order valence-electron chi connectivity index (χ4n) is 3.74. The molecule has 0 bridgehead atoms. The minimum absolute atomic E-state index is 0.0418. The lowest BCUT2D eigenvalue weighted by Crippen LogP contribution is -2.43. The van der Waals surface area contributed by atoms with E-state index in [-0.39, 0.29) is 23.1 Å². The van der Waals surface area contributed by atoms with Gasteiger partial charge in [-0.25, -0.2) is 8.42 Å². The van der Waals surface area contributed by atoms with Crippen molar-refractivity contribution < 1.29 is 22.7 Å². The molecule has 162 valence electrons. The summed E-state index contributed by atoms with van der Waals surface area (Å²) < 4.78 is 38.5. The van der Waals surface area contributed by atoms with E-state index < -0.39 is 15.9 Å². The number of rotatable bonds is 6. The number of carbonyl (C=O) groups is 1. The third kappa shape index (κ3) is 4.44. The Morgan fingerprint density at radius 2 is 1.80 bits per heavy atom. The van der Waals surface area contributed by atoms with Gasteiger partial charge in [-0.2, -0.15) is 4.31 Å². The molecule has 0 radical (unpaired) electrons. The monoisotopic (exact) mass is 432 g/mol. The molecule has 1 saturated heterocycles. The second-order valence-electron chi connectivity index (χ2n) is 7.48. The maximum atomic E-state index is 13.3. The molecule has 0 aromatic heterocycles. The molecular formula is C22H28N2O5S. The Morgan fingerprint density at radius 3 is 2.43 bits per heavy atom. The number of nitrogens with zero attached hydrogens (tertiary/aromatic N) is 1. The van der Waals surface area contributed by atoms with Crippen molar-refractivity contribution in [3.8, 4) is 11.5 Å². The summed E-state index contributed by atoms with van der Waals surface area (Å²) in [5.41, 5.74) is 2.74. The molecule has 7 nitrogen and oxygen atoms in total. The first kappa shape index (κ1) is 22.1. The van der Waals surface area contributed by atoms with Crippen LogP contribution < -0.4 is 14.8 Å². The number of para-hydroxylation sites is 1. The number of hydrogen-bond donors (Lipinski definition) is 1. The highest BCUT2D eigenvalue weighted by Crippen LogP contribution is 2.33. The van der Waals surface area contributed by atoms with Crippen molar-refractivity contribution in [3.63, 3.8) is 0 Å². The zero-order chi connectivity index (χ0) is 21.9. The zero-order valence-electron chi connectivity index (χ0n) is 17.8. The average molecular weight is 433 g/mol. The second kappa shape index (κ2) is 9.06. The van der Waals surface area contributed by atoms with Gasteiger partial charge in [0.15, 0.2) is 0 Å². The molecule has 1 heterocycles. The number of methoxy groups -OCH3 is 2. The lowest BCUT2D eigenvalue weighted by Gasteiger charge is -2.31. The van der Waals surface area contributed by atoms with Crippen molar-refractivity contribution in [2.45, 2.75) is 31.6 Å². The van der Waals surface area contributed by atoms with Crippen LogP contribution in [0.1, 0.15) is 24.0 Å². The van der Waals surface area contributed by atoms with E-state index in [4.69, 9.17) is 9.47 Å². The highest BCUT2D eigenvalue weighted by atomic mass is 32.2. The molecule has 0 saturated carbocycles. The topological polar surface area (TPSA) is 84.9 Å². The Hall–Kier alpha value is -2.58. The Kier molecular flexibility index (Phi) is 6.67. The van der Waals surface area contributed by atoms with Gasteiger partial charge in [-0.05, 0) is 49.9 Å². The van der Waals surface area contributed by atoms with Crippen LogP contribution in [-0.2, 0) is 14.8 Å². The first-order chi connectivity index (χ1) is 14.3. The molecule has 2 aromatic rings. The van der Waals surface area contributed by atoms with E-state index in [0.29, 0.717) is 25.1 Å². The smallest absolute Gasteiger partial charge is 0.246 e. The molecule has 1 aliphatic rings. The second-order valence-corrected chi connectivity index (χ2v) is 9.38. The number of amides is 1. The van der Waals surface area contributed by atoms with Gasteiger partial charge in [0.25, 0.3) is 0 Å². The van der Waals surface area contributed by atoms with E-state index in [0.717, 1.165) is 16.8 Å². The standard InChI is InChI=1S/C22H28N2O5S/c1-15-7-5-8-16(2)21(15)23-22(25)17-9-6-12-24(14-17)30(26,27)20-13-18(28-3)10-11-19(20)29-4/h5,7-8,10-11,13,17H,6,9,12,14H2,1-4H3,(H,23,25)/t17-/m1/s1. The van der Waals surface area contributed by atoms with Gasteiger partial charge in [0.1, 0.15) is 16.4 Å². The first-order valence-corrected chi connectivity index (χ1v) is 11.3. The van der Waals surface area contributed by atoms with E-state index in [2.05, 4.69) is 5.32 Å². The summed E-state index contributed by atoms with van der Waals surface area (Å²) in [5.74, 6) is 0.0858. The van der Waals surface area contributed by atoms with Crippen LogP contribution in [0.3, 0.4) is 0 Å². The van der Waals surface area contributed by atoms with Gasteiger partial charge in [0.2, 0.25) is 15.9 Å². The number of ether oxygens (including phenoxy) is 2. The van der Waals surface area contributed by atoms with Crippen molar-refractivity contribution >= 4 is 21.6 Å². The maximum Gasteiger partial charge on any atom is 0.246 e. The summed E-state index contributed by atoms with van der Waals surface area (Å²) in [4.78, 5) is 13.0. The van der Waals surface area contributed by atoms with Crippen molar-refractivity contribution in [2.75, 3.05) is 32.6 Å². The minimum atomic E-state index is -3.84. The quantitative estimate of drug-likeness (QED) is 0.757. The molecule has 0 aliphatic carbocycles. The molecule has 8 heteroatoms. The summed E-state index contributed by atoms with van der Waals surface area (Å²) in [6.45, 7) is 4.36. The number of nitrogens with one attached hydrogen (secondary N) is 1. The normalized spacial score (nSPS) is 17.4. The predicted molar refractivity (Wildman–Crippen MR) is 116 cm³/mol. The van der Waals surface area contributed by atoms with Gasteiger partial charge in [-0.1, -0.05) is 18.2 Å². The van der Waals surface area contributed by atoms with E-state index in [1.54, 1.807) is 12.1 Å². The van der Waals surface area contributed by atoms with Gasteiger partial charge in [0.05, 0.1) is 20.1 Å². The largest absolute Gasteiger partial charge is 0.497 e. The minimum Gasteiger partial charge on any atom is -0.497 e. The van der Waals surface area contributed by atoms with Crippen LogP contribution in [0.2, 0.25) is 0 Å². The van der Waals surface area contributed by atoms with E-state index in [1.807, 2.05) is 32.0 Å². The van der Waals surface area contributed by atoms with Crippen LogP contribution in [0, 0.1) is 19.8 Å². The molecule has 1 fully saturated rings. The van der Waals surface area contributed by atoms with Crippen LogP contribution in [0.4, 0.5) is 5.69 Å². The molecule has 1 N–H and O–H groups in total. The predicted octanol–water partition coefficient (Wildman–Crippen LogP) is 3.36. The van der Waals surface area contributed by atoms with Crippen molar-refractivity contribution in [3.05, 3.63) is 47.5 Å². The molecule has 1 atom stereocenters. The molecule has 0 spiro atoms.